The zero-order chi connectivity index (χ0) is 22.1. The highest BCUT2D eigenvalue weighted by Gasteiger charge is 2.19. The van der Waals surface area contributed by atoms with E-state index < -0.39 is 0 Å². The minimum Gasteiger partial charge on any atom is -0.361 e. The van der Waals surface area contributed by atoms with Gasteiger partial charge >= 0.3 is 0 Å². The van der Waals surface area contributed by atoms with Crippen molar-refractivity contribution in [3.63, 3.8) is 0 Å². The van der Waals surface area contributed by atoms with Gasteiger partial charge in [0.1, 0.15) is 11.6 Å². The van der Waals surface area contributed by atoms with Gasteiger partial charge in [-0.05, 0) is 45.9 Å². The van der Waals surface area contributed by atoms with Crippen molar-refractivity contribution in [3.05, 3.63) is 71.1 Å². The monoisotopic (exact) mass is 417 g/mol. The molecule has 31 heavy (non-hydrogen) atoms. The van der Waals surface area contributed by atoms with Crippen molar-refractivity contribution in [2.24, 2.45) is 0 Å². The minimum absolute atomic E-state index is 0.120. The quantitative estimate of drug-likeness (QED) is 0.475. The Hall–Kier alpha value is -3.81. The van der Waals surface area contributed by atoms with Crippen molar-refractivity contribution in [1.82, 2.24) is 19.7 Å². The Morgan fingerprint density at radius 1 is 1.19 bits per heavy atom. The number of aromatic nitrogens is 4. The van der Waals surface area contributed by atoms with E-state index in [4.69, 9.17) is 4.52 Å². The van der Waals surface area contributed by atoms with Gasteiger partial charge in [0, 0.05) is 52.9 Å². The number of fused-ring (bicyclic) bond motifs is 1. The molecular weight excluding hydrogens is 394 g/mol. The lowest BCUT2D eigenvalue weighted by molar-refractivity contribution is -0.115. The first-order chi connectivity index (χ1) is 14.8. The van der Waals surface area contributed by atoms with Gasteiger partial charge in [-0.15, -0.1) is 0 Å². The Bertz CT molecular complexity index is 1270. The Balaban J connectivity index is 1.59. The fraction of sp³-hybridized carbons (Fsp3) is 0.261. The van der Waals surface area contributed by atoms with E-state index in [1.54, 1.807) is 38.4 Å². The maximum atomic E-state index is 13.3. The normalized spacial score (nSPS) is 11.3. The highest BCUT2D eigenvalue weighted by Crippen LogP contribution is 2.26. The van der Waals surface area contributed by atoms with Gasteiger partial charge in [-0.1, -0.05) is 5.16 Å². The summed E-state index contributed by atoms with van der Waals surface area (Å²) in [7, 11) is 0. The van der Waals surface area contributed by atoms with Crippen LogP contribution in [0.2, 0.25) is 0 Å². The second kappa shape index (κ2) is 8.14. The first kappa shape index (κ1) is 20.5. The average Bonchev–Trinajstić information content (AvgIpc) is 3.29. The van der Waals surface area contributed by atoms with E-state index in [0.717, 1.165) is 16.5 Å². The number of rotatable bonds is 6. The van der Waals surface area contributed by atoms with Crippen LogP contribution in [-0.4, -0.2) is 31.4 Å². The van der Waals surface area contributed by atoms with Gasteiger partial charge in [-0.2, -0.15) is 0 Å². The molecule has 1 N–H and O–H groups in total. The molecule has 4 aromatic rings. The summed E-state index contributed by atoms with van der Waals surface area (Å²) in [5, 5.41) is 7.41. The number of nitrogens with zero attached hydrogens (tertiary/aromatic N) is 4. The number of hydrogen-bond acceptors (Lipinski definition) is 6. The fourth-order valence-corrected chi connectivity index (χ4v) is 3.60. The molecule has 0 aliphatic carbocycles. The zero-order valence-electron chi connectivity index (χ0n) is 17.8. The summed E-state index contributed by atoms with van der Waals surface area (Å²) in [6.07, 6.45) is 6.91. The van der Waals surface area contributed by atoms with Gasteiger partial charge in [-0.25, -0.2) is 4.98 Å². The molecule has 1 amide bonds. The third-order valence-corrected chi connectivity index (χ3v) is 5.24. The highest BCUT2D eigenvalue weighted by atomic mass is 16.5. The van der Waals surface area contributed by atoms with E-state index >= 15 is 0 Å². The third kappa shape index (κ3) is 3.96. The molecule has 0 aliphatic rings. The molecule has 4 aromatic heterocycles. The van der Waals surface area contributed by atoms with Crippen LogP contribution in [0.3, 0.4) is 0 Å². The number of ketones is 1. The highest BCUT2D eigenvalue weighted by molar-refractivity contribution is 6.16. The average molecular weight is 417 g/mol. The molecule has 0 aliphatic heterocycles. The lowest BCUT2D eigenvalue weighted by Crippen LogP contribution is -2.16. The standard InChI is InChI=1S/C23H23N5O3/c1-13(2)28-12-19(18-11-24-7-6-20(18)28)23(30)16-5-8-25-21(9-16)26-22(29)10-17-14(3)27-31-15(17)4/h5-9,11-13H,10H2,1-4H3,(H,25,26,29). The van der Waals surface area contributed by atoms with Gasteiger partial charge in [-0.3, -0.25) is 14.6 Å². The lowest BCUT2D eigenvalue weighted by atomic mass is 10.0. The molecular formula is C23H23N5O3. The molecule has 0 fully saturated rings. The summed E-state index contributed by atoms with van der Waals surface area (Å²) in [5.41, 5.74) is 3.39. The number of pyridine rings is 2. The molecule has 0 spiro atoms. The van der Waals surface area contributed by atoms with Gasteiger partial charge in [0.25, 0.3) is 0 Å². The second-order valence-corrected chi connectivity index (χ2v) is 7.72. The molecule has 0 bridgehead atoms. The first-order valence-corrected chi connectivity index (χ1v) is 10.0. The Kier molecular flexibility index (Phi) is 5.37. The van der Waals surface area contributed by atoms with Crippen molar-refractivity contribution in [2.75, 3.05) is 5.32 Å². The molecule has 0 saturated heterocycles. The number of aryl methyl sites for hydroxylation is 2. The predicted octanol–water partition coefficient (Wildman–Crippen LogP) is 4.03. The van der Waals surface area contributed by atoms with Crippen molar-refractivity contribution in [3.8, 4) is 0 Å². The van der Waals surface area contributed by atoms with Crippen LogP contribution in [0, 0.1) is 13.8 Å². The van der Waals surface area contributed by atoms with E-state index in [1.807, 2.05) is 12.3 Å². The summed E-state index contributed by atoms with van der Waals surface area (Å²) in [5.74, 6) is 0.515. The number of nitrogens with one attached hydrogen (secondary N) is 1. The molecule has 0 unspecified atom stereocenters. The Morgan fingerprint density at radius 3 is 2.71 bits per heavy atom. The zero-order valence-corrected chi connectivity index (χ0v) is 17.8. The van der Waals surface area contributed by atoms with Crippen molar-refractivity contribution >= 4 is 28.4 Å². The van der Waals surface area contributed by atoms with Gasteiger partial charge < -0.3 is 14.4 Å². The number of anilines is 1. The molecule has 4 rings (SSSR count). The number of carbonyl (C=O) groups excluding carboxylic acids is 2. The topological polar surface area (TPSA) is 103 Å². The van der Waals surface area contributed by atoms with E-state index in [0.29, 0.717) is 28.4 Å². The largest absolute Gasteiger partial charge is 0.361 e. The third-order valence-electron chi connectivity index (χ3n) is 5.24. The fourth-order valence-electron chi connectivity index (χ4n) is 3.60. The van der Waals surface area contributed by atoms with Crippen LogP contribution in [0.25, 0.3) is 10.9 Å². The molecule has 0 radical (unpaired) electrons. The molecule has 0 aromatic carbocycles. The maximum absolute atomic E-state index is 13.3. The summed E-state index contributed by atoms with van der Waals surface area (Å²) in [4.78, 5) is 34.1. The van der Waals surface area contributed by atoms with Gasteiger partial charge in [0.05, 0.1) is 17.6 Å². The SMILES string of the molecule is Cc1noc(C)c1CC(=O)Nc1cc(C(=O)c2cn(C(C)C)c3ccncc23)ccn1. The van der Waals surface area contributed by atoms with Gasteiger partial charge in [0.2, 0.25) is 5.91 Å². The predicted molar refractivity (Wildman–Crippen MR) is 116 cm³/mol. The summed E-state index contributed by atoms with van der Waals surface area (Å²) >= 11 is 0. The van der Waals surface area contributed by atoms with Crippen LogP contribution in [0.4, 0.5) is 5.82 Å². The first-order valence-electron chi connectivity index (χ1n) is 10.0. The Morgan fingerprint density at radius 2 is 2.00 bits per heavy atom. The van der Waals surface area contributed by atoms with Gasteiger partial charge in [0.15, 0.2) is 5.78 Å². The van der Waals surface area contributed by atoms with E-state index in [9.17, 15) is 9.59 Å². The smallest absolute Gasteiger partial charge is 0.230 e. The Labute approximate surface area is 179 Å². The van der Waals surface area contributed by atoms with Crippen molar-refractivity contribution < 1.29 is 14.1 Å². The van der Waals surface area contributed by atoms with Crippen LogP contribution >= 0.6 is 0 Å². The van der Waals surface area contributed by atoms with Crippen LogP contribution in [0.1, 0.15) is 52.8 Å². The number of hydrogen-bond donors (Lipinski definition) is 1. The van der Waals surface area contributed by atoms with Crippen LogP contribution in [-0.2, 0) is 11.2 Å². The van der Waals surface area contributed by atoms with E-state index in [1.165, 1.54) is 6.20 Å². The van der Waals surface area contributed by atoms with Crippen molar-refractivity contribution in [1.29, 1.82) is 0 Å². The summed E-state index contributed by atoms with van der Waals surface area (Å²) < 4.78 is 7.16. The van der Waals surface area contributed by atoms with E-state index in [-0.39, 0.29) is 24.2 Å². The van der Waals surface area contributed by atoms with Crippen LogP contribution in [0.5, 0.6) is 0 Å². The molecule has 158 valence electrons. The molecule has 0 saturated carbocycles. The lowest BCUT2D eigenvalue weighted by Gasteiger charge is -2.08. The molecule has 0 atom stereocenters. The van der Waals surface area contributed by atoms with Crippen LogP contribution < -0.4 is 5.32 Å². The minimum atomic E-state index is -0.257. The van der Waals surface area contributed by atoms with Crippen LogP contribution in [0.15, 0.2) is 47.5 Å². The number of amides is 1. The second-order valence-electron chi connectivity index (χ2n) is 7.72. The maximum Gasteiger partial charge on any atom is 0.230 e. The van der Waals surface area contributed by atoms with E-state index in [2.05, 4.69) is 38.9 Å². The summed E-state index contributed by atoms with van der Waals surface area (Å²) in [6, 6.07) is 5.32. The molecule has 8 heteroatoms. The summed E-state index contributed by atoms with van der Waals surface area (Å²) in [6.45, 7) is 7.68. The van der Waals surface area contributed by atoms with Crippen molar-refractivity contribution in [2.45, 2.75) is 40.2 Å². The number of carbonyl (C=O) groups is 2. The molecule has 4 heterocycles. The molecule has 8 nitrogen and oxygen atoms in total.